The van der Waals surface area contributed by atoms with Gasteiger partial charge in [0.05, 0.1) is 24.5 Å². The van der Waals surface area contributed by atoms with Crippen LogP contribution in [0.25, 0.3) is 0 Å². The molecule has 0 radical (unpaired) electrons. The summed E-state index contributed by atoms with van der Waals surface area (Å²) in [6, 6.07) is 12.5. The Labute approximate surface area is 141 Å². The van der Waals surface area contributed by atoms with E-state index in [2.05, 4.69) is 29.6 Å². The first-order valence-corrected chi connectivity index (χ1v) is 8.41. The number of esters is 1. The third-order valence-corrected chi connectivity index (χ3v) is 5.21. The quantitative estimate of drug-likeness (QED) is 0.859. The van der Waals surface area contributed by atoms with E-state index in [0.29, 0.717) is 11.6 Å². The fraction of sp³-hybridized carbons (Fsp3) is 0.421. The Balaban J connectivity index is 1.80. The van der Waals surface area contributed by atoms with Crippen LogP contribution in [0, 0.1) is 5.92 Å². The number of anilines is 1. The van der Waals surface area contributed by atoms with Crippen LogP contribution in [-0.4, -0.2) is 24.3 Å². The number of methoxy groups -OCH3 is 1. The zero-order chi connectivity index (χ0) is 16.7. The number of fused-ring (bicyclic) bond motifs is 3. The summed E-state index contributed by atoms with van der Waals surface area (Å²) in [5.41, 5.74) is 3.82. The van der Waals surface area contributed by atoms with Gasteiger partial charge in [0, 0.05) is 19.6 Å². The molecule has 3 heterocycles. The average molecular weight is 326 g/mol. The van der Waals surface area contributed by atoms with E-state index in [1.54, 1.807) is 0 Å². The smallest absolute Gasteiger partial charge is 0.354 e. The van der Waals surface area contributed by atoms with E-state index in [0.717, 1.165) is 30.8 Å². The number of rotatable bonds is 2. The van der Waals surface area contributed by atoms with Crippen molar-refractivity contribution < 1.29 is 14.3 Å². The summed E-state index contributed by atoms with van der Waals surface area (Å²) < 4.78 is 13.0. The Kier molecular flexibility index (Phi) is 3.81. The third kappa shape index (κ3) is 2.31. The van der Waals surface area contributed by atoms with Crippen LogP contribution in [0.1, 0.15) is 46.7 Å². The predicted octanol–water partition coefficient (Wildman–Crippen LogP) is 3.45. The van der Waals surface area contributed by atoms with Gasteiger partial charge in [-0.05, 0) is 24.5 Å². The highest BCUT2D eigenvalue weighted by Gasteiger charge is 2.42. The average Bonchev–Trinajstić information content (AvgIpc) is 2.98. The number of nitrogens with one attached hydrogen (secondary N) is 1. The van der Waals surface area contributed by atoms with Gasteiger partial charge in [-0.1, -0.05) is 30.3 Å². The number of carbonyl (C=O) groups is 1. The van der Waals surface area contributed by atoms with Crippen LogP contribution in [-0.2, 0) is 16.5 Å². The SMILES string of the molecule is COC(=O)c1cc2c(n1C)[C@H]1OCCC[C@H]1[C@H](c1ccccc1)N2. The van der Waals surface area contributed by atoms with Crippen molar-refractivity contribution in [3.05, 3.63) is 53.3 Å². The number of hydrogen-bond donors (Lipinski definition) is 1. The van der Waals surface area contributed by atoms with E-state index >= 15 is 0 Å². The van der Waals surface area contributed by atoms with Crippen LogP contribution in [0.2, 0.25) is 0 Å². The van der Waals surface area contributed by atoms with E-state index in [4.69, 9.17) is 9.47 Å². The summed E-state index contributed by atoms with van der Waals surface area (Å²) in [6.07, 6.45) is 2.18. The van der Waals surface area contributed by atoms with Crippen LogP contribution >= 0.6 is 0 Å². The normalized spacial score (nSPS) is 25.3. The summed E-state index contributed by atoms with van der Waals surface area (Å²) in [6.45, 7) is 0.765. The zero-order valence-electron chi connectivity index (χ0n) is 14.0. The van der Waals surface area contributed by atoms with Gasteiger partial charge in [-0.3, -0.25) is 0 Å². The van der Waals surface area contributed by atoms with Crippen molar-refractivity contribution in [1.82, 2.24) is 4.57 Å². The number of carbonyl (C=O) groups excluding carboxylic acids is 1. The third-order valence-electron chi connectivity index (χ3n) is 5.21. The van der Waals surface area contributed by atoms with Gasteiger partial charge in [0.2, 0.25) is 0 Å². The first-order chi connectivity index (χ1) is 11.7. The van der Waals surface area contributed by atoms with Gasteiger partial charge < -0.3 is 19.4 Å². The fourth-order valence-electron chi connectivity index (χ4n) is 4.07. The maximum atomic E-state index is 12.1. The van der Waals surface area contributed by atoms with Gasteiger partial charge >= 0.3 is 5.97 Å². The lowest BCUT2D eigenvalue weighted by Gasteiger charge is -2.42. The second-order valence-corrected chi connectivity index (χ2v) is 6.51. The molecule has 126 valence electrons. The summed E-state index contributed by atoms with van der Waals surface area (Å²) in [5, 5.41) is 3.64. The monoisotopic (exact) mass is 326 g/mol. The van der Waals surface area contributed by atoms with E-state index < -0.39 is 0 Å². The van der Waals surface area contributed by atoms with Crippen molar-refractivity contribution in [2.24, 2.45) is 13.0 Å². The maximum absolute atomic E-state index is 12.1. The molecule has 2 aliphatic rings. The van der Waals surface area contributed by atoms with E-state index in [1.807, 2.05) is 23.7 Å². The Morgan fingerprint density at radius 1 is 1.33 bits per heavy atom. The van der Waals surface area contributed by atoms with Crippen molar-refractivity contribution in [1.29, 1.82) is 0 Å². The van der Waals surface area contributed by atoms with Crippen molar-refractivity contribution in [3.8, 4) is 0 Å². The van der Waals surface area contributed by atoms with Crippen LogP contribution in [0.4, 0.5) is 5.69 Å². The van der Waals surface area contributed by atoms with Crippen molar-refractivity contribution in [2.75, 3.05) is 19.0 Å². The maximum Gasteiger partial charge on any atom is 0.354 e. The molecule has 1 fully saturated rings. The standard InChI is InChI=1S/C19H22N2O3/c1-21-15(19(22)23-2)11-14-17(21)18-13(9-6-10-24-18)16(20-14)12-7-4-3-5-8-12/h3-5,7-8,11,13,16,18,20H,6,9-10H2,1-2H3/t13-,16-,18-/m0/s1. The molecule has 1 aromatic heterocycles. The Bertz CT molecular complexity index is 753. The molecule has 0 saturated carbocycles. The topological polar surface area (TPSA) is 52.5 Å². The molecule has 5 nitrogen and oxygen atoms in total. The van der Waals surface area contributed by atoms with Crippen LogP contribution in [0.15, 0.2) is 36.4 Å². The number of aromatic nitrogens is 1. The zero-order valence-corrected chi connectivity index (χ0v) is 14.0. The summed E-state index contributed by atoms with van der Waals surface area (Å²) in [4.78, 5) is 12.1. The Hall–Kier alpha value is -2.27. The molecule has 0 bridgehead atoms. The van der Waals surface area contributed by atoms with E-state index in [9.17, 15) is 4.79 Å². The largest absolute Gasteiger partial charge is 0.464 e. The summed E-state index contributed by atoms with van der Waals surface area (Å²) in [7, 11) is 3.32. The first kappa shape index (κ1) is 15.3. The van der Waals surface area contributed by atoms with Crippen molar-refractivity contribution in [3.63, 3.8) is 0 Å². The summed E-state index contributed by atoms with van der Waals surface area (Å²) >= 11 is 0. The predicted molar refractivity (Wildman–Crippen MR) is 91.0 cm³/mol. The lowest BCUT2D eigenvalue weighted by Crippen LogP contribution is -2.36. The molecule has 3 atom stereocenters. The fourth-order valence-corrected chi connectivity index (χ4v) is 4.07. The molecule has 0 unspecified atom stereocenters. The molecule has 1 N–H and O–H groups in total. The molecule has 2 aliphatic heterocycles. The molecular formula is C19H22N2O3. The highest BCUT2D eigenvalue weighted by atomic mass is 16.5. The Morgan fingerprint density at radius 2 is 2.12 bits per heavy atom. The number of nitrogens with zero attached hydrogens (tertiary/aromatic N) is 1. The summed E-state index contributed by atoms with van der Waals surface area (Å²) in [5.74, 6) is 0.0325. The van der Waals surface area contributed by atoms with Gasteiger partial charge in [-0.25, -0.2) is 4.79 Å². The molecule has 24 heavy (non-hydrogen) atoms. The number of ether oxygens (including phenoxy) is 2. The molecule has 0 amide bonds. The molecule has 4 rings (SSSR count). The molecule has 1 aromatic carbocycles. The molecule has 0 spiro atoms. The van der Waals surface area contributed by atoms with Gasteiger partial charge in [-0.2, -0.15) is 0 Å². The Morgan fingerprint density at radius 3 is 2.88 bits per heavy atom. The number of hydrogen-bond acceptors (Lipinski definition) is 4. The van der Waals surface area contributed by atoms with Gasteiger partial charge in [-0.15, -0.1) is 0 Å². The van der Waals surface area contributed by atoms with Crippen LogP contribution in [0.3, 0.4) is 0 Å². The minimum Gasteiger partial charge on any atom is -0.464 e. The van der Waals surface area contributed by atoms with Gasteiger partial charge in [0.15, 0.2) is 0 Å². The molecule has 0 aliphatic carbocycles. The first-order valence-electron chi connectivity index (χ1n) is 8.41. The minimum absolute atomic E-state index is 0.00334. The lowest BCUT2D eigenvalue weighted by molar-refractivity contribution is -0.0421. The second kappa shape index (κ2) is 5.98. The lowest BCUT2D eigenvalue weighted by atomic mass is 9.79. The highest BCUT2D eigenvalue weighted by Crippen LogP contribution is 2.49. The highest BCUT2D eigenvalue weighted by molar-refractivity contribution is 5.90. The molecule has 1 saturated heterocycles. The van der Waals surface area contributed by atoms with Gasteiger partial charge in [0.25, 0.3) is 0 Å². The van der Waals surface area contributed by atoms with Crippen molar-refractivity contribution in [2.45, 2.75) is 25.0 Å². The minimum atomic E-state index is -0.322. The molecule has 5 heteroatoms. The van der Waals surface area contributed by atoms with E-state index in [-0.39, 0.29) is 18.1 Å². The van der Waals surface area contributed by atoms with E-state index in [1.165, 1.54) is 12.7 Å². The molecular weight excluding hydrogens is 304 g/mol. The van der Waals surface area contributed by atoms with Crippen LogP contribution < -0.4 is 5.32 Å². The number of benzene rings is 1. The molecule has 2 aromatic rings. The van der Waals surface area contributed by atoms with Crippen molar-refractivity contribution >= 4 is 11.7 Å². The second-order valence-electron chi connectivity index (χ2n) is 6.51. The van der Waals surface area contributed by atoms with Gasteiger partial charge in [0.1, 0.15) is 11.8 Å². The van der Waals surface area contributed by atoms with Crippen LogP contribution in [0.5, 0.6) is 0 Å².